The number of nitrogens with zero attached hydrogens (tertiary/aromatic N) is 1. The van der Waals surface area contributed by atoms with Gasteiger partial charge in [0.05, 0.1) is 12.2 Å². The maximum absolute atomic E-state index is 13.2. The van der Waals surface area contributed by atoms with Crippen LogP contribution in [0.15, 0.2) is 46.9 Å². The summed E-state index contributed by atoms with van der Waals surface area (Å²) in [6, 6.07) is 11.4. The number of benzene rings is 2. The number of fused-ring (bicyclic) bond motifs is 1. The van der Waals surface area contributed by atoms with E-state index in [4.69, 9.17) is 9.47 Å². The van der Waals surface area contributed by atoms with E-state index < -0.39 is 0 Å². The summed E-state index contributed by atoms with van der Waals surface area (Å²) in [5.41, 5.74) is 0.567. The van der Waals surface area contributed by atoms with Gasteiger partial charge in [-0.2, -0.15) is 0 Å². The van der Waals surface area contributed by atoms with Gasteiger partial charge in [-0.25, -0.2) is 4.39 Å². The monoisotopic (exact) mass is 365 g/mol. The van der Waals surface area contributed by atoms with Gasteiger partial charge in [-0.3, -0.25) is 4.79 Å². The first kappa shape index (κ1) is 14.8. The summed E-state index contributed by atoms with van der Waals surface area (Å²) in [5.74, 6) is 0.408. The minimum atomic E-state index is -0.390. The molecule has 114 valence electrons. The molecule has 0 unspecified atom stereocenters. The molecule has 1 aliphatic rings. The van der Waals surface area contributed by atoms with Crippen molar-refractivity contribution in [3.8, 4) is 11.5 Å². The minimum absolute atomic E-state index is 0.0849. The van der Waals surface area contributed by atoms with Crippen molar-refractivity contribution in [1.82, 2.24) is 0 Å². The van der Waals surface area contributed by atoms with Crippen LogP contribution in [0.3, 0.4) is 0 Å². The second kappa shape index (κ2) is 6.36. The van der Waals surface area contributed by atoms with E-state index in [0.717, 1.165) is 4.47 Å². The molecule has 0 fully saturated rings. The van der Waals surface area contributed by atoms with Gasteiger partial charge in [0.15, 0.2) is 6.61 Å². The molecule has 2 aromatic rings. The van der Waals surface area contributed by atoms with Crippen LogP contribution < -0.4 is 14.4 Å². The van der Waals surface area contributed by atoms with Gasteiger partial charge in [-0.15, -0.1) is 0 Å². The van der Waals surface area contributed by atoms with Crippen molar-refractivity contribution in [3.05, 3.63) is 52.8 Å². The molecule has 0 aliphatic carbocycles. The molecule has 0 aromatic heterocycles. The molecule has 0 bridgehead atoms. The molecule has 6 heteroatoms. The highest BCUT2D eigenvalue weighted by atomic mass is 79.9. The van der Waals surface area contributed by atoms with Crippen LogP contribution >= 0.6 is 15.9 Å². The van der Waals surface area contributed by atoms with Gasteiger partial charge in [0.25, 0.3) is 5.91 Å². The third-order valence-electron chi connectivity index (χ3n) is 3.26. The van der Waals surface area contributed by atoms with Crippen LogP contribution in [-0.2, 0) is 4.79 Å². The van der Waals surface area contributed by atoms with Gasteiger partial charge < -0.3 is 14.4 Å². The van der Waals surface area contributed by atoms with E-state index in [9.17, 15) is 9.18 Å². The molecule has 0 saturated carbocycles. The number of carbonyl (C=O) groups excluding carboxylic acids is 1. The molecule has 1 amide bonds. The van der Waals surface area contributed by atoms with Gasteiger partial charge in [0, 0.05) is 10.5 Å². The van der Waals surface area contributed by atoms with E-state index in [1.165, 1.54) is 12.1 Å². The Bertz CT molecular complexity index is 690. The third kappa shape index (κ3) is 3.22. The zero-order chi connectivity index (χ0) is 15.5. The van der Waals surface area contributed by atoms with Crippen LogP contribution in [0.4, 0.5) is 10.1 Å². The van der Waals surface area contributed by atoms with Crippen LogP contribution in [0.25, 0.3) is 0 Å². The van der Waals surface area contributed by atoms with E-state index in [-0.39, 0.29) is 18.3 Å². The summed E-state index contributed by atoms with van der Waals surface area (Å²) >= 11 is 3.34. The van der Waals surface area contributed by atoms with Crippen LogP contribution in [0, 0.1) is 5.82 Å². The van der Waals surface area contributed by atoms with Crippen molar-refractivity contribution < 1.29 is 18.7 Å². The molecule has 0 N–H and O–H groups in total. The van der Waals surface area contributed by atoms with Crippen LogP contribution in [0.1, 0.15) is 0 Å². The van der Waals surface area contributed by atoms with E-state index >= 15 is 0 Å². The van der Waals surface area contributed by atoms with E-state index in [1.807, 2.05) is 12.1 Å². The van der Waals surface area contributed by atoms with Crippen molar-refractivity contribution in [2.24, 2.45) is 0 Å². The molecule has 1 heterocycles. The first-order chi connectivity index (χ1) is 10.6. The molecule has 1 aliphatic heterocycles. The van der Waals surface area contributed by atoms with E-state index in [0.29, 0.717) is 30.3 Å². The topological polar surface area (TPSA) is 38.8 Å². The number of anilines is 1. The normalized spacial score (nSPS) is 13.3. The number of ether oxygens (including phenoxy) is 2. The summed E-state index contributed by atoms with van der Waals surface area (Å²) in [5, 5.41) is 0. The molecule has 0 spiro atoms. The quantitative estimate of drug-likeness (QED) is 0.836. The number of hydrogen-bond donors (Lipinski definition) is 0. The summed E-state index contributed by atoms with van der Waals surface area (Å²) in [6.45, 7) is 0.667. The number of carbonyl (C=O) groups is 1. The van der Waals surface area contributed by atoms with Crippen molar-refractivity contribution in [2.45, 2.75) is 0 Å². The Balaban J connectivity index is 1.70. The molecule has 2 aromatic carbocycles. The Hall–Kier alpha value is -2.08. The second-order valence-electron chi connectivity index (χ2n) is 4.75. The van der Waals surface area contributed by atoms with Gasteiger partial charge >= 0.3 is 0 Å². The van der Waals surface area contributed by atoms with Gasteiger partial charge in [0.2, 0.25) is 0 Å². The maximum atomic E-state index is 13.2. The van der Waals surface area contributed by atoms with Crippen molar-refractivity contribution in [3.63, 3.8) is 0 Å². The average molecular weight is 366 g/mol. The first-order valence-corrected chi connectivity index (χ1v) is 7.54. The number of halogens is 2. The van der Waals surface area contributed by atoms with E-state index in [1.54, 1.807) is 23.1 Å². The summed E-state index contributed by atoms with van der Waals surface area (Å²) in [7, 11) is 0. The Kier molecular flexibility index (Phi) is 4.29. The van der Waals surface area contributed by atoms with Gasteiger partial charge in [0.1, 0.15) is 23.9 Å². The zero-order valence-corrected chi connectivity index (χ0v) is 13.2. The lowest BCUT2D eigenvalue weighted by Gasteiger charge is -2.29. The smallest absolute Gasteiger partial charge is 0.265 e. The molecule has 0 atom stereocenters. The maximum Gasteiger partial charge on any atom is 0.265 e. The minimum Gasteiger partial charge on any atom is -0.489 e. The molecule has 0 radical (unpaired) electrons. The predicted molar refractivity (Wildman–Crippen MR) is 83.9 cm³/mol. The lowest BCUT2D eigenvalue weighted by molar-refractivity contribution is -0.120. The highest BCUT2D eigenvalue weighted by molar-refractivity contribution is 9.10. The number of hydrogen-bond acceptors (Lipinski definition) is 3. The molecule has 22 heavy (non-hydrogen) atoms. The largest absolute Gasteiger partial charge is 0.489 e. The SMILES string of the molecule is O=C(COc1ccc(Br)cc1)N1CCOc2cc(F)ccc21. The van der Waals surface area contributed by atoms with Crippen molar-refractivity contribution >= 4 is 27.5 Å². The summed E-state index contributed by atoms with van der Waals surface area (Å²) in [4.78, 5) is 13.9. The Labute approximate surface area is 135 Å². The number of rotatable bonds is 3. The summed E-state index contributed by atoms with van der Waals surface area (Å²) in [6.07, 6.45) is 0. The van der Waals surface area contributed by atoms with Gasteiger partial charge in [-0.1, -0.05) is 15.9 Å². The third-order valence-corrected chi connectivity index (χ3v) is 3.79. The Morgan fingerprint density at radius 2 is 2.05 bits per heavy atom. The van der Waals surface area contributed by atoms with Gasteiger partial charge in [-0.05, 0) is 36.4 Å². The summed E-state index contributed by atoms with van der Waals surface area (Å²) < 4.78 is 25.0. The fourth-order valence-electron chi connectivity index (χ4n) is 2.21. The molecule has 0 saturated heterocycles. The predicted octanol–water partition coefficient (Wildman–Crippen LogP) is 3.39. The van der Waals surface area contributed by atoms with Crippen LogP contribution in [0.2, 0.25) is 0 Å². The second-order valence-corrected chi connectivity index (χ2v) is 5.66. The first-order valence-electron chi connectivity index (χ1n) is 6.74. The fourth-order valence-corrected chi connectivity index (χ4v) is 2.47. The molecular formula is C16H13BrFNO3. The molecule has 4 nitrogen and oxygen atoms in total. The molecular weight excluding hydrogens is 353 g/mol. The lowest BCUT2D eigenvalue weighted by Crippen LogP contribution is -2.40. The van der Waals surface area contributed by atoms with E-state index in [2.05, 4.69) is 15.9 Å². The zero-order valence-electron chi connectivity index (χ0n) is 11.6. The Morgan fingerprint density at radius 3 is 2.82 bits per heavy atom. The van der Waals surface area contributed by atoms with Crippen molar-refractivity contribution in [2.75, 3.05) is 24.7 Å². The highest BCUT2D eigenvalue weighted by Crippen LogP contribution is 2.32. The van der Waals surface area contributed by atoms with Crippen LogP contribution in [-0.4, -0.2) is 25.7 Å². The van der Waals surface area contributed by atoms with Crippen LogP contribution in [0.5, 0.6) is 11.5 Å². The van der Waals surface area contributed by atoms with Crippen molar-refractivity contribution in [1.29, 1.82) is 0 Å². The Morgan fingerprint density at radius 1 is 1.27 bits per heavy atom. The molecule has 3 rings (SSSR count). The lowest BCUT2D eigenvalue weighted by atomic mass is 10.2. The standard InChI is InChI=1S/C16H13BrFNO3/c17-11-1-4-13(5-2-11)22-10-16(20)19-7-8-21-15-9-12(18)3-6-14(15)19/h1-6,9H,7-8,10H2. The fraction of sp³-hybridized carbons (Fsp3) is 0.188. The average Bonchev–Trinajstić information content (AvgIpc) is 2.53. The highest BCUT2D eigenvalue weighted by Gasteiger charge is 2.24. The number of amides is 1.